The van der Waals surface area contributed by atoms with Gasteiger partial charge >= 0.3 is 55.7 Å². The SMILES string of the molecule is CCCn1c(-c2cccc3cccnc23)nc2ccccc21.O=C=O.[Cl][Pt]([Cl])([Cl])[Cl]. The standard InChI is InChI=1S/C19H17N3.CO2.4ClH.Pt/c1-2-13-22-17-11-4-3-10-16(17)21-19(22)15-9-5-7-14-8-6-12-20-18(14)15;2-1-3;;;;;/h3-12H,2,13H2,1H3;;4*1H;/q;;;;;;+4/p-4. The summed E-state index contributed by atoms with van der Waals surface area (Å²) in [5.41, 5.74) is 4.34. The number of carbonyl (C=O) groups excluding carboxylic acids is 2. The van der Waals surface area contributed by atoms with Crippen LogP contribution in [0.3, 0.4) is 0 Å². The molecule has 0 amide bonds. The molecule has 0 radical (unpaired) electrons. The van der Waals surface area contributed by atoms with E-state index in [0.717, 1.165) is 40.8 Å². The summed E-state index contributed by atoms with van der Waals surface area (Å²) in [6, 6.07) is 18.7. The predicted octanol–water partition coefficient (Wildman–Crippen LogP) is 6.83. The number of aromatic nitrogens is 3. The van der Waals surface area contributed by atoms with Gasteiger partial charge in [0.05, 0.1) is 16.6 Å². The van der Waals surface area contributed by atoms with Crippen molar-refractivity contribution in [1.29, 1.82) is 0 Å². The number of aryl methyl sites for hydroxylation is 1. The van der Waals surface area contributed by atoms with Gasteiger partial charge in [-0.25, -0.2) is 4.98 Å². The molecular formula is C20H17Cl4N3O2Pt. The van der Waals surface area contributed by atoms with E-state index in [2.05, 4.69) is 58.9 Å². The van der Waals surface area contributed by atoms with E-state index in [1.807, 2.05) is 18.3 Å². The number of hydrogen-bond donors (Lipinski definition) is 0. The summed E-state index contributed by atoms with van der Waals surface area (Å²) in [6.07, 6.45) is 3.17. The van der Waals surface area contributed by atoms with Crippen molar-refractivity contribution in [1.82, 2.24) is 14.5 Å². The summed E-state index contributed by atoms with van der Waals surface area (Å²) < 4.78 is 2.30. The van der Waals surface area contributed by atoms with Crippen molar-refractivity contribution in [2.45, 2.75) is 19.9 Å². The van der Waals surface area contributed by atoms with E-state index < -0.39 is 11.9 Å². The second-order valence-corrected chi connectivity index (χ2v) is 25.5. The Hall–Kier alpha value is -1.45. The Kier molecular flexibility index (Phi) is 9.77. The van der Waals surface area contributed by atoms with Crippen LogP contribution in [0.5, 0.6) is 0 Å². The van der Waals surface area contributed by atoms with Gasteiger partial charge in [0, 0.05) is 23.7 Å². The van der Waals surface area contributed by atoms with E-state index in [-0.39, 0.29) is 6.15 Å². The Morgan fingerprint density at radius 1 is 0.967 bits per heavy atom. The number of pyridine rings is 1. The third-order valence-electron chi connectivity index (χ3n) is 3.98. The van der Waals surface area contributed by atoms with Gasteiger partial charge in [0.2, 0.25) is 0 Å². The average Bonchev–Trinajstić information content (AvgIpc) is 3.06. The van der Waals surface area contributed by atoms with Gasteiger partial charge < -0.3 is 4.57 Å². The molecule has 0 aliphatic rings. The topological polar surface area (TPSA) is 64.8 Å². The predicted molar refractivity (Wildman–Crippen MR) is 119 cm³/mol. The average molecular weight is 668 g/mol. The van der Waals surface area contributed by atoms with Crippen molar-refractivity contribution in [3.63, 3.8) is 0 Å². The van der Waals surface area contributed by atoms with Crippen LogP contribution in [-0.2, 0) is 28.0 Å². The first-order chi connectivity index (χ1) is 14.3. The number of rotatable bonds is 3. The van der Waals surface area contributed by atoms with Gasteiger partial charge in [0.1, 0.15) is 5.82 Å². The Morgan fingerprint density at radius 2 is 1.60 bits per heavy atom. The van der Waals surface area contributed by atoms with E-state index >= 15 is 0 Å². The number of nitrogens with zero attached hydrogens (tertiary/aromatic N) is 3. The zero-order chi connectivity index (χ0) is 22.1. The molecule has 4 rings (SSSR count). The number of fused-ring (bicyclic) bond motifs is 2. The molecule has 30 heavy (non-hydrogen) atoms. The van der Waals surface area contributed by atoms with Crippen LogP contribution in [0.1, 0.15) is 13.3 Å². The molecule has 162 valence electrons. The van der Waals surface area contributed by atoms with Crippen molar-refractivity contribution in [2.24, 2.45) is 0 Å². The first-order valence-electron chi connectivity index (χ1n) is 8.56. The molecule has 0 unspecified atom stereocenters. The molecule has 0 saturated carbocycles. The van der Waals surface area contributed by atoms with Crippen LogP contribution in [0.25, 0.3) is 33.3 Å². The van der Waals surface area contributed by atoms with E-state index in [1.165, 1.54) is 5.52 Å². The van der Waals surface area contributed by atoms with Crippen molar-refractivity contribution in [3.05, 3.63) is 60.8 Å². The van der Waals surface area contributed by atoms with E-state index in [9.17, 15) is 0 Å². The minimum atomic E-state index is -3.06. The zero-order valence-electron chi connectivity index (χ0n) is 15.7. The number of hydrogen-bond acceptors (Lipinski definition) is 4. The second kappa shape index (κ2) is 11.8. The van der Waals surface area contributed by atoms with Crippen molar-refractivity contribution in [2.75, 3.05) is 0 Å². The van der Waals surface area contributed by atoms with Crippen LogP contribution in [-0.4, -0.2) is 20.7 Å². The van der Waals surface area contributed by atoms with Crippen LogP contribution in [0.15, 0.2) is 60.8 Å². The van der Waals surface area contributed by atoms with Gasteiger partial charge in [0.25, 0.3) is 0 Å². The molecule has 0 saturated heterocycles. The molecule has 0 aliphatic heterocycles. The molecule has 0 spiro atoms. The van der Waals surface area contributed by atoms with Crippen LogP contribution < -0.4 is 0 Å². The van der Waals surface area contributed by atoms with Gasteiger partial charge in [-0.2, -0.15) is 9.59 Å². The maximum absolute atomic E-state index is 8.12. The summed E-state index contributed by atoms with van der Waals surface area (Å²) in [5, 5.41) is 1.15. The molecule has 0 atom stereocenters. The number of halogens is 4. The molecule has 2 aromatic heterocycles. The molecule has 5 nitrogen and oxygen atoms in total. The van der Waals surface area contributed by atoms with Gasteiger partial charge in [-0.05, 0) is 30.7 Å². The molecular weight excluding hydrogens is 651 g/mol. The van der Waals surface area contributed by atoms with Gasteiger partial charge in [-0.3, -0.25) is 4.98 Å². The summed E-state index contributed by atoms with van der Waals surface area (Å²) in [5.74, 6) is 1.01. The molecule has 2 aromatic carbocycles. The zero-order valence-corrected chi connectivity index (χ0v) is 21.0. The van der Waals surface area contributed by atoms with Crippen LogP contribution in [0.4, 0.5) is 0 Å². The Bertz CT molecular complexity index is 1140. The number of para-hydroxylation sites is 3. The molecule has 0 N–H and O–H groups in total. The summed E-state index contributed by atoms with van der Waals surface area (Å²) in [6.45, 7) is 3.15. The summed E-state index contributed by atoms with van der Waals surface area (Å²) >= 11 is -3.06. The fourth-order valence-electron chi connectivity index (χ4n) is 3.02. The van der Waals surface area contributed by atoms with Crippen molar-refractivity contribution < 1.29 is 21.5 Å². The Labute approximate surface area is 192 Å². The summed E-state index contributed by atoms with van der Waals surface area (Å²) in [7, 11) is 20.0. The summed E-state index contributed by atoms with van der Waals surface area (Å²) in [4.78, 5) is 25.7. The van der Waals surface area contributed by atoms with Crippen molar-refractivity contribution >= 4 is 65.8 Å². The normalized spacial score (nSPS) is 11.1. The number of imidazole rings is 1. The van der Waals surface area contributed by atoms with E-state index in [4.69, 9.17) is 52.2 Å². The quantitative estimate of drug-likeness (QED) is 0.240. The maximum atomic E-state index is 8.12. The van der Waals surface area contributed by atoms with Crippen molar-refractivity contribution in [3.8, 4) is 11.4 Å². The van der Waals surface area contributed by atoms with E-state index in [0.29, 0.717) is 0 Å². The van der Waals surface area contributed by atoms with Crippen LogP contribution in [0.2, 0.25) is 0 Å². The van der Waals surface area contributed by atoms with Crippen LogP contribution in [0, 0.1) is 0 Å². The fourth-order valence-corrected chi connectivity index (χ4v) is 3.02. The molecule has 0 bridgehead atoms. The van der Waals surface area contributed by atoms with Gasteiger partial charge in [-0.1, -0.05) is 37.3 Å². The Balaban J connectivity index is 0.000000347. The molecule has 2 heterocycles. The molecule has 10 heteroatoms. The minimum absolute atomic E-state index is 0.250. The van der Waals surface area contributed by atoms with Gasteiger partial charge in [0.15, 0.2) is 0 Å². The monoisotopic (exact) mass is 666 g/mol. The molecule has 0 fully saturated rings. The Morgan fingerprint density at radius 3 is 2.27 bits per heavy atom. The fraction of sp³-hybridized carbons (Fsp3) is 0.150. The first-order valence-corrected chi connectivity index (χ1v) is 19.8. The first kappa shape index (κ1) is 24.8. The third kappa shape index (κ3) is 7.06. The number of benzene rings is 2. The third-order valence-corrected chi connectivity index (χ3v) is 3.98. The van der Waals surface area contributed by atoms with E-state index in [1.54, 1.807) is 0 Å². The molecule has 4 aromatic rings. The van der Waals surface area contributed by atoms with Crippen LogP contribution >= 0.6 is 37.7 Å². The molecule has 0 aliphatic carbocycles. The second-order valence-electron chi connectivity index (χ2n) is 5.81. The van der Waals surface area contributed by atoms with Gasteiger partial charge in [-0.15, -0.1) is 0 Å².